The number of amides is 1. The van der Waals surface area contributed by atoms with Crippen LogP contribution in [-0.2, 0) is 4.79 Å². The second kappa shape index (κ2) is 8.82. The number of hydrogen-bond acceptors (Lipinski definition) is 3. The fraction of sp³-hybridized carbons (Fsp3) is 0.500. The summed E-state index contributed by atoms with van der Waals surface area (Å²) in [6.45, 7) is 2.61. The van der Waals surface area contributed by atoms with Gasteiger partial charge in [-0.25, -0.2) is 0 Å². The van der Waals surface area contributed by atoms with Crippen LogP contribution in [0.4, 0.5) is 0 Å². The van der Waals surface area contributed by atoms with Crippen LogP contribution in [0, 0.1) is 0 Å². The maximum absolute atomic E-state index is 11.9. The third-order valence-electron chi connectivity index (χ3n) is 3.83. The van der Waals surface area contributed by atoms with Crippen molar-refractivity contribution in [3.8, 4) is 11.5 Å². The largest absolute Gasteiger partial charge is 0.493 e. The van der Waals surface area contributed by atoms with E-state index in [0.29, 0.717) is 29.2 Å². The van der Waals surface area contributed by atoms with Crippen LogP contribution in [0.25, 0.3) is 6.08 Å². The summed E-state index contributed by atoms with van der Waals surface area (Å²) in [7, 11) is 1.57. The highest BCUT2D eigenvalue weighted by Crippen LogP contribution is 2.36. The van der Waals surface area contributed by atoms with Crippen LogP contribution in [-0.4, -0.2) is 25.7 Å². The fourth-order valence-corrected chi connectivity index (χ4v) is 2.95. The number of methoxy groups -OCH3 is 1. The SMILES string of the molecule is CCCOc1c(Cl)cc(/C=C/C(=O)NC2CCCC2)cc1OC. The van der Waals surface area contributed by atoms with Gasteiger partial charge in [0.25, 0.3) is 0 Å². The molecule has 0 radical (unpaired) electrons. The quantitative estimate of drug-likeness (QED) is 0.758. The van der Waals surface area contributed by atoms with Crippen LogP contribution in [0.1, 0.15) is 44.6 Å². The van der Waals surface area contributed by atoms with Crippen molar-refractivity contribution in [2.24, 2.45) is 0 Å². The van der Waals surface area contributed by atoms with Gasteiger partial charge in [-0.05, 0) is 43.0 Å². The Morgan fingerprint density at radius 2 is 2.13 bits per heavy atom. The minimum atomic E-state index is -0.0710. The molecule has 1 aromatic rings. The maximum atomic E-state index is 11.9. The molecule has 23 heavy (non-hydrogen) atoms. The summed E-state index contributed by atoms with van der Waals surface area (Å²) >= 11 is 6.26. The minimum absolute atomic E-state index is 0.0710. The number of halogens is 1. The molecule has 1 amide bonds. The average Bonchev–Trinajstić information content (AvgIpc) is 3.04. The lowest BCUT2D eigenvalue weighted by Gasteiger charge is -2.13. The van der Waals surface area contributed by atoms with Crippen molar-refractivity contribution in [1.29, 1.82) is 0 Å². The number of rotatable bonds is 7. The summed E-state index contributed by atoms with van der Waals surface area (Å²) in [4.78, 5) is 11.9. The normalized spacial score (nSPS) is 15.1. The Morgan fingerprint density at radius 1 is 1.39 bits per heavy atom. The van der Waals surface area contributed by atoms with E-state index in [1.54, 1.807) is 19.3 Å². The number of carbonyl (C=O) groups excluding carboxylic acids is 1. The first kappa shape index (κ1) is 17.7. The highest BCUT2D eigenvalue weighted by atomic mass is 35.5. The Hall–Kier alpha value is -1.68. The lowest BCUT2D eigenvalue weighted by atomic mass is 10.1. The molecule has 1 aliphatic carbocycles. The zero-order valence-electron chi connectivity index (χ0n) is 13.7. The van der Waals surface area contributed by atoms with Crippen LogP contribution >= 0.6 is 11.6 Å². The molecule has 0 aromatic heterocycles. The molecular weight excluding hydrogens is 314 g/mol. The topological polar surface area (TPSA) is 47.6 Å². The van der Waals surface area contributed by atoms with E-state index in [1.165, 1.54) is 18.9 Å². The van der Waals surface area contributed by atoms with E-state index in [1.807, 2.05) is 13.0 Å². The van der Waals surface area contributed by atoms with Crippen molar-refractivity contribution in [3.63, 3.8) is 0 Å². The Morgan fingerprint density at radius 3 is 2.78 bits per heavy atom. The van der Waals surface area contributed by atoms with Crippen LogP contribution in [0.2, 0.25) is 5.02 Å². The summed E-state index contributed by atoms with van der Waals surface area (Å²) < 4.78 is 11.0. The van der Waals surface area contributed by atoms with E-state index < -0.39 is 0 Å². The van der Waals surface area contributed by atoms with Gasteiger partial charge in [-0.15, -0.1) is 0 Å². The molecule has 1 aromatic carbocycles. The fourth-order valence-electron chi connectivity index (χ4n) is 2.67. The van der Waals surface area contributed by atoms with Crippen LogP contribution in [0.15, 0.2) is 18.2 Å². The Balaban J connectivity index is 2.05. The van der Waals surface area contributed by atoms with Crippen molar-refractivity contribution in [1.82, 2.24) is 5.32 Å². The van der Waals surface area contributed by atoms with E-state index in [-0.39, 0.29) is 5.91 Å². The molecule has 0 heterocycles. The first-order valence-corrected chi connectivity index (χ1v) is 8.50. The summed E-state index contributed by atoms with van der Waals surface area (Å²) in [6.07, 6.45) is 8.70. The Labute approximate surface area is 142 Å². The molecule has 126 valence electrons. The standard InChI is InChI=1S/C18H24ClNO3/c1-3-10-23-18-15(19)11-13(12-16(18)22-2)8-9-17(21)20-14-6-4-5-7-14/h8-9,11-12,14H,3-7,10H2,1-2H3,(H,20,21)/b9-8+. The molecule has 0 atom stereocenters. The van der Waals surface area contributed by atoms with Gasteiger partial charge in [-0.2, -0.15) is 0 Å². The number of nitrogens with one attached hydrogen (secondary N) is 1. The molecule has 1 fully saturated rings. The van der Waals surface area contributed by atoms with Crippen molar-refractivity contribution < 1.29 is 14.3 Å². The van der Waals surface area contributed by atoms with Gasteiger partial charge in [0.05, 0.1) is 18.7 Å². The molecular formula is C18H24ClNO3. The van der Waals surface area contributed by atoms with E-state index in [4.69, 9.17) is 21.1 Å². The first-order chi connectivity index (χ1) is 11.1. The molecule has 0 aliphatic heterocycles. The molecule has 1 saturated carbocycles. The zero-order chi connectivity index (χ0) is 16.7. The summed E-state index contributed by atoms with van der Waals surface area (Å²) in [5.74, 6) is 1.05. The maximum Gasteiger partial charge on any atom is 0.244 e. The number of benzene rings is 1. The van der Waals surface area contributed by atoms with Crippen LogP contribution in [0.5, 0.6) is 11.5 Å². The molecule has 2 rings (SSSR count). The minimum Gasteiger partial charge on any atom is -0.493 e. The monoisotopic (exact) mass is 337 g/mol. The van der Waals surface area contributed by atoms with Gasteiger partial charge in [-0.1, -0.05) is 31.4 Å². The summed E-state index contributed by atoms with van der Waals surface area (Å²) in [5, 5.41) is 3.50. The number of ether oxygens (including phenoxy) is 2. The lowest BCUT2D eigenvalue weighted by molar-refractivity contribution is -0.117. The summed E-state index contributed by atoms with van der Waals surface area (Å²) in [5.41, 5.74) is 0.803. The van der Waals surface area contributed by atoms with Crippen molar-refractivity contribution in [2.75, 3.05) is 13.7 Å². The molecule has 1 aliphatic rings. The Kier molecular flexibility index (Phi) is 6.78. The van der Waals surface area contributed by atoms with E-state index in [2.05, 4.69) is 5.32 Å². The predicted octanol–water partition coefficient (Wildman–Crippen LogP) is 4.21. The smallest absolute Gasteiger partial charge is 0.244 e. The van der Waals surface area contributed by atoms with Crippen molar-refractivity contribution in [2.45, 2.75) is 45.1 Å². The first-order valence-electron chi connectivity index (χ1n) is 8.13. The van der Waals surface area contributed by atoms with Gasteiger partial charge >= 0.3 is 0 Å². The van der Waals surface area contributed by atoms with Crippen molar-refractivity contribution >= 4 is 23.6 Å². The van der Waals surface area contributed by atoms with Crippen LogP contribution < -0.4 is 14.8 Å². The van der Waals surface area contributed by atoms with Gasteiger partial charge < -0.3 is 14.8 Å². The lowest BCUT2D eigenvalue weighted by Crippen LogP contribution is -2.30. The third kappa shape index (κ3) is 5.17. The number of carbonyl (C=O) groups is 1. The van der Waals surface area contributed by atoms with Gasteiger partial charge in [0.2, 0.25) is 5.91 Å². The average molecular weight is 338 g/mol. The highest BCUT2D eigenvalue weighted by molar-refractivity contribution is 6.32. The van der Waals surface area contributed by atoms with Gasteiger partial charge in [-0.3, -0.25) is 4.79 Å². The van der Waals surface area contributed by atoms with Gasteiger partial charge in [0, 0.05) is 12.1 Å². The molecule has 1 N–H and O–H groups in total. The highest BCUT2D eigenvalue weighted by Gasteiger charge is 2.16. The molecule has 0 unspecified atom stereocenters. The van der Waals surface area contributed by atoms with Crippen molar-refractivity contribution in [3.05, 3.63) is 28.8 Å². The summed E-state index contributed by atoms with van der Waals surface area (Å²) in [6, 6.07) is 3.90. The van der Waals surface area contributed by atoms with Gasteiger partial charge in [0.15, 0.2) is 11.5 Å². The predicted molar refractivity (Wildman–Crippen MR) is 93.2 cm³/mol. The molecule has 4 nitrogen and oxygen atoms in total. The molecule has 0 bridgehead atoms. The molecule has 0 spiro atoms. The second-order valence-electron chi connectivity index (χ2n) is 5.71. The van der Waals surface area contributed by atoms with E-state index >= 15 is 0 Å². The zero-order valence-corrected chi connectivity index (χ0v) is 14.5. The van der Waals surface area contributed by atoms with E-state index in [9.17, 15) is 4.79 Å². The second-order valence-corrected chi connectivity index (χ2v) is 6.11. The number of hydrogen-bond donors (Lipinski definition) is 1. The van der Waals surface area contributed by atoms with Crippen LogP contribution in [0.3, 0.4) is 0 Å². The Bertz CT molecular complexity index is 566. The van der Waals surface area contributed by atoms with E-state index in [0.717, 1.165) is 24.8 Å². The third-order valence-corrected chi connectivity index (χ3v) is 4.11. The molecule has 0 saturated heterocycles. The van der Waals surface area contributed by atoms with Gasteiger partial charge in [0.1, 0.15) is 0 Å². The molecule has 5 heteroatoms.